The van der Waals surface area contributed by atoms with Crippen molar-refractivity contribution in [3.63, 3.8) is 0 Å². The number of nitrogens with two attached hydrogens (primary N) is 1. The number of morpholine rings is 1. The molecule has 29 heteroatoms. The molecule has 29 nitrogen and oxygen atoms in total. The lowest BCUT2D eigenvalue weighted by atomic mass is 9.72. The molecule has 0 saturated carbocycles. The molecule has 91 heavy (non-hydrogen) atoms. The number of ketones is 3. The molecule has 2 aliphatic carbocycles. The number of hydrogen-bond donors (Lipinski definition) is 10. The summed E-state index contributed by atoms with van der Waals surface area (Å²) in [4.78, 5) is 147. The van der Waals surface area contributed by atoms with Gasteiger partial charge in [-0.15, -0.1) is 0 Å². The number of primary amides is 1. The number of imide groups is 1. The van der Waals surface area contributed by atoms with Gasteiger partial charge in [-0.1, -0.05) is 44.5 Å². The molecule has 11 N–H and O–H groups in total. The van der Waals surface area contributed by atoms with Crippen LogP contribution in [0.1, 0.15) is 134 Å². The van der Waals surface area contributed by atoms with E-state index in [1.54, 1.807) is 20.8 Å². The van der Waals surface area contributed by atoms with Gasteiger partial charge in [0.2, 0.25) is 23.6 Å². The second-order valence-corrected chi connectivity index (χ2v) is 23.5. The first-order valence-corrected chi connectivity index (χ1v) is 30.1. The molecule has 0 spiro atoms. The number of carbonyl (C=O) groups is 11. The molecule has 0 aromatic heterocycles. The minimum atomic E-state index is -2.14. The molecule has 4 aliphatic heterocycles. The number of urea groups is 1. The number of Topliss-reactive ketones (excluding diaryl/α,β-unsaturated/α-hetero) is 1. The second kappa shape index (κ2) is 28.6. The van der Waals surface area contributed by atoms with Crippen LogP contribution in [0, 0.1) is 5.92 Å². The van der Waals surface area contributed by atoms with Gasteiger partial charge in [0.15, 0.2) is 36.2 Å². The maximum Gasteiger partial charge on any atom is 0.407 e. The molecule has 3 saturated heterocycles. The highest BCUT2D eigenvalue weighted by atomic mass is 16.7. The SMILES string of the molecule is CO[C@H]1OCCN2[C@@H]1O[C@@H]1[C@H](C)OC(O[C@H]3C[C@](O)(C(C)=O)Cc4c(O)c5c(c(O)c43)C(=O)c3c(NC(=O)CNC(=O)OCc4ccc(NC(=O)[C@H](CCCNC(N)=O)NC(=O)[C@@H](NC(=O)CCCCCN6C(=O)C=CC6=O)C(C)C)cc4)cccc3C5=O)C[C@@H]12. The minimum absolute atomic E-state index is 0.0578. The summed E-state index contributed by atoms with van der Waals surface area (Å²) in [7, 11) is 1.51. The molecule has 0 bridgehead atoms. The maximum atomic E-state index is 14.7. The highest BCUT2D eigenvalue weighted by Crippen LogP contribution is 2.53. The number of ether oxygens (including phenoxy) is 6. The fourth-order valence-electron chi connectivity index (χ4n) is 12.2. The van der Waals surface area contributed by atoms with Gasteiger partial charge in [0, 0.05) is 93.0 Å². The average molecular weight is 1270 g/mol. The van der Waals surface area contributed by atoms with Gasteiger partial charge in [0.25, 0.3) is 11.8 Å². The Morgan fingerprint density at radius 1 is 0.835 bits per heavy atom. The summed E-state index contributed by atoms with van der Waals surface area (Å²) >= 11 is 0. The van der Waals surface area contributed by atoms with Crippen molar-refractivity contribution in [3.05, 3.63) is 93.6 Å². The monoisotopic (exact) mass is 1270 g/mol. The number of aromatic hydroxyl groups is 2. The predicted molar refractivity (Wildman–Crippen MR) is 317 cm³/mol. The van der Waals surface area contributed by atoms with Crippen molar-refractivity contribution in [1.82, 2.24) is 31.1 Å². The number of nitrogens with zero attached hydrogens (tertiary/aromatic N) is 2. The molecule has 1 unspecified atom stereocenters. The average Bonchev–Trinajstić information content (AvgIpc) is 1.27. The van der Waals surface area contributed by atoms with Gasteiger partial charge in [0.1, 0.15) is 48.4 Å². The third-order valence-corrected chi connectivity index (χ3v) is 17.0. The molecule has 4 heterocycles. The van der Waals surface area contributed by atoms with Crippen LogP contribution in [0.4, 0.5) is 21.0 Å². The van der Waals surface area contributed by atoms with Gasteiger partial charge in [-0.3, -0.25) is 53.0 Å². The number of nitrogens with one attached hydrogen (secondary N) is 6. The standard InChI is InChI=1S/C62H75N9O20/c1-30(2)50(69-41(73)14-7-6-8-22-71-43(75)19-20-44(71)76)57(82)68-38(13-10-21-64-60(63)83)56(81)66-34-17-15-33(16-18-34)29-88-61(84)65-28-42(74)67-37-12-9-11-35-46(37)53(79)49-48(51(35)77)52(78)36-26-62(85,32(4)72)27-40(47(36)54(49)80)90-45-25-39-55(31(3)89-45)91-58-59(86-5)87-24-23-70(39)58/h9,11-12,15-20,30-31,38-40,45,50,55,58-59,78,80,85H,6-8,10,13-14,21-29H2,1-5H3,(H,65,84)(H,66,81)(H,67,74)(H,68,82)(H,69,73)(H3,63,64,83)/t31-,38-,39-,40-,45?,50-,55+,58+,59-,62-/m0/s1. The zero-order valence-electron chi connectivity index (χ0n) is 50.8. The first-order chi connectivity index (χ1) is 43.4. The van der Waals surface area contributed by atoms with Crippen molar-refractivity contribution in [2.45, 2.75) is 153 Å². The second-order valence-electron chi connectivity index (χ2n) is 23.5. The Bertz CT molecular complexity index is 3390. The summed E-state index contributed by atoms with van der Waals surface area (Å²) in [6.45, 7) is 6.61. The van der Waals surface area contributed by atoms with E-state index in [2.05, 4.69) is 36.8 Å². The molecule has 9 rings (SSSR count). The number of anilines is 2. The highest BCUT2D eigenvalue weighted by Gasteiger charge is 2.55. The van der Waals surface area contributed by atoms with Crippen LogP contribution < -0.4 is 37.6 Å². The third kappa shape index (κ3) is 14.9. The van der Waals surface area contributed by atoms with E-state index < -0.39 is 156 Å². The fraction of sp³-hybridized carbons (Fsp3) is 0.500. The largest absolute Gasteiger partial charge is 0.507 e. The number of methoxy groups -OCH3 is 1. The summed E-state index contributed by atoms with van der Waals surface area (Å²) in [6, 6.07) is 6.88. The van der Waals surface area contributed by atoms with Crippen molar-refractivity contribution in [2.24, 2.45) is 11.7 Å². The van der Waals surface area contributed by atoms with E-state index in [1.165, 1.54) is 61.7 Å². The van der Waals surface area contributed by atoms with Crippen LogP contribution in [-0.2, 0) is 75.0 Å². The Hall–Kier alpha value is -8.71. The van der Waals surface area contributed by atoms with Gasteiger partial charge in [-0.25, -0.2) is 9.59 Å². The van der Waals surface area contributed by atoms with Crippen molar-refractivity contribution in [3.8, 4) is 11.5 Å². The molecular formula is C62H75N9O20. The number of amides is 9. The van der Waals surface area contributed by atoms with E-state index in [0.29, 0.717) is 38.0 Å². The number of hydrogen-bond acceptors (Lipinski definition) is 21. The minimum Gasteiger partial charge on any atom is -0.507 e. The van der Waals surface area contributed by atoms with E-state index in [1.807, 2.05) is 0 Å². The van der Waals surface area contributed by atoms with E-state index >= 15 is 0 Å². The van der Waals surface area contributed by atoms with Crippen LogP contribution in [0.2, 0.25) is 0 Å². The maximum absolute atomic E-state index is 14.7. The summed E-state index contributed by atoms with van der Waals surface area (Å²) in [5, 5.41) is 51.4. The Labute approximate surface area is 522 Å². The van der Waals surface area contributed by atoms with Crippen LogP contribution >= 0.6 is 0 Å². The van der Waals surface area contributed by atoms with Gasteiger partial charge >= 0.3 is 12.1 Å². The Morgan fingerprint density at radius 2 is 1.56 bits per heavy atom. The molecule has 3 aromatic rings. The highest BCUT2D eigenvalue weighted by molar-refractivity contribution is 6.32. The number of unbranched alkanes of at least 4 members (excludes halogenated alkanes) is 2. The number of alkyl carbamates (subject to hydrolysis) is 1. The molecule has 6 aliphatic rings. The van der Waals surface area contributed by atoms with Gasteiger partial charge in [-0.2, -0.15) is 0 Å². The summed E-state index contributed by atoms with van der Waals surface area (Å²) in [6.07, 6.45) is -2.07. The molecule has 9 amide bonds. The first kappa shape index (κ1) is 66.7. The van der Waals surface area contributed by atoms with Gasteiger partial charge < -0.3 is 81.4 Å². The van der Waals surface area contributed by atoms with Crippen LogP contribution in [0.3, 0.4) is 0 Å². The molecule has 3 fully saturated rings. The van der Waals surface area contributed by atoms with Crippen molar-refractivity contribution in [1.29, 1.82) is 0 Å². The molecule has 488 valence electrons. The first-order valence-electron chi connectivity index (χ1n) is 30.1. The third-order valence-electron chi connectivity index (χ3n) is 17.0. The summed E-state index contributed by atoms with van der Waals surface area (Å²) < 4.78 is 35.7. The van der Waals surface area contributed by atoms with Gasteiger partial charge in [0.05, 0.1) is 41.2 Å². The number of phenols is 2. The van der Waals surface area contributed by atoms with Crippen molar-refractivity contribution in [2.75, 3.05) is 50.5 Å². The van der Waals surface area contributed by atoms with Crippen molar-refractivity contribution >= 4 is 76.3 Å². The molecule has 3 aromatic carbocycles. The Kier molecular flexibility index (Phi) is 21.0. The fourth-order valence-corrected chi connectivity index (χ4v) is 12.2. The van der Waals surface area contributed by atoms with E-state index in [0.717, 1.165) is 11.8 Å². The van der Waals surface area contributed by atoms with E-state index in [9.17, 15) is 68.1 Å². The smallest absolute Gasteiger partial charge is 0.407 e. The lowest BCUT2D eigenvalue weighted by Gasteiger charge is -2.43. The summed E-state index contributed by atoms with van der Waals surface area (Å²) in [5.74, 6) is -7.75. The Balaban J connectivity index is 0.791. The Morgan fingerprint density at radius 3 is 2.25 bits per heavy atom. The zero-order valence-corrected chi connectivity index (χ0v) is 50.8. The van der Waals surface area contributed by atoms with Crippen LogP contribution in [0.15, 0.2) is 54.6 Å². The number of aliphatic hydroxyl groups is 1. The number of phenolic OH excluding ortho intramolecular Hbond substituents is 2. The lowest BCUT2D eigenvalue weighted by molar-refractivity contribution is -0.256. The molecule has 10 atom stereocenters. The number of rotatable bonds is 25. The van der Waals surface area contributed by atoms with Gasteiger partial charge in [-0.05, 0) is 69.2 Å². The quantitative estimate of drug-likeness (QED) is 0.0258. The van der Waals surface area contributed by atoms with E-state index in [4.69, 9.17) is 34.2 Å². The number of fused-ring (bicyclic) bond motifs is 6. The normalized spacial score (nSPS) is 23.8. The zero-order chi connectivity index (χ0) is 65.6. The van der Waals surface area contributed by atoms with Crippen LogP contribution in [-0.4, -0.2) is 185 Å². The molecular weight excluding hydrogens is 1190 g/mol. The predicted octanol–water partition coefficient (Wildman–Crippen LogP) is 2.09. The van der Waals surface area contributed by atoms with Crippen molar-refractivity contribution < 1.29 is 96.5 Å². The van der Waals surface area contributed by atoms with Crippen LogP contribution in [0.25, 0.3) is 0 Å². The van der Waals surface area contributed by atoms with E-state index in [-0.39, 0.29) is 96.9 Å². The van der Waals surface area contributed by atoms with Crippen LogP contribution in [0.5, 0.6) is 11.5 Å². The number of benzene rings is 3. The summed E-state index contributed by atoms with van der Waals surface area (Å²) in [5.41, 5.74) is 1.53. The number of carbonyl (C=O) groups excluding carboxylic acids is 11. The topological polar surface area (TPSA) is 409 Å². The lowest BCUT2D eigenvalue weighted by Crippen LogP contribution is -2.55. The molecule has 0 radical (unpaired) electrons.